The van der Waals surface area contributed by atoms with Gasteiger partial charge in [0.2, 0.25) is 5.91 Å². The summed E-state index contributed by atoms with van der Waals surface area (Å²) in [4.78, 5) is 25.9. The minimum atomic E-state index is -1.37. The Balaban J connectivity index is 1.51. The summed E-state index contributed by atoms with van der Waals surface area (Å²) in [5, 5.41) is 3.63. The smallest absolute Gasteiger partial charge is 0.231 e. The van der Waals surface area contributed by atoms with Crippen molar-refractivity contribution in [2.24, 2.45) is 5.92 Å². The molecule has 1 aliphatic rings. The second-order valence-corrected chi connectivity index (χ2v) is 11.1. The van der Waals surface area contributed by atoms with Gasteiger partial charge in [0.15, 0.2) is 5.78 Å². The number of ketones is 1. The fourth-order valence-electron chi connectivity index (χ4n) is 4.03. The molecule has 36 heavy (non-hydrogen) atoms. The molecule has 0 aliphatic heterocycles. The molecular formula is C26H16Cl5F2NO2. The Morgan fingerprint density at radius 1 is 0.944 bits per heavy atom. The molecule has 1 saturated carbocycles. The molecule has 1 amide bonds. The van der Waals surface area contributed by atoms with E-state index in [9.17, 15) is 18.4 Å². The lowest BCUT2D eigenvalue weighted by atomic mass is 10.0. The van der Waals surface area contributed by atoms with Crippen molar-refractivity contribution in [3.63, 3.8) is 0 Å². The van der Waals surface area contributed by atoms with Crippen molar-refractivity contribution >= 4 is 81.2 Å². The average Bonchev–Trinajstić information content (AvgIpc) is 3.37. The van der Waals surface area contributed by atoms with Crippen LogP contribution in [0.25, 0.3) is 5.83 Å². The minimum absolute atomic E-state index is 0.122. The standard InChI is InChI=1S/C26H16Cl5F2NO2/c1-12(32)18-6-13(2-5-21(18)33)7-22(35)19-11-17(3-4-20(19)29)34-25(36)24-23(26(24,30)31)14-8-15(27)10-16(28)9-14/h2-6,8-11,23-24H,1,7H2,(H,34,36). The third kappa shape index (κ3) is 5.56. The van der Waals surface area contributed by atoms with Gasteiger partial charge < -0.3 is 5.32 Å². The number of carbonyl (C=O) groups excluding carboxylic acids is 2. The van der Waals surface area contributed by atoms with Gasteiger partial charge >= 0.3 is 0 Å². The van der Waals surface area contributed by atoms with Crippen LogP contribution < -0.4 is 5.32 Å². The van der Waals surface area contributed by atoms with Crippen LogP contribution in [0, 0.1) is 11.7 Å². The van der Waals surface area contributed by atoms with Crippen molar-refractivity contribution in [2.45, 2.75) is 16.7 Å². The van der Waals surface area contributed by atoms with Gasteiger partial charge in [-0.2, -0.15) is 0 Å². The number of hydrogen-bond donors (Lipinski definition) is 1. The number of hydrogen-bond acceptors (Lipinski definition) is 2. The highest BCUT2D eigenvalue weighted by molar-refractivity contribution is 6.53. The molecule has 3 aromatic rings. The second kappa shape index (κ2) is 10.3. The number of anilines is 1. The Bertz CT molecular complexity index is 1390. The predicted molar refractivity (Wildman–Crippen MR) is 142 cm³/mol. The highest BCUT2D eigenvalue weighted by Crippen LogP contribution is 2.65. The van der Waals surface area contributed by atoms with Crippen molar-refractivity contribution in [3.8, 4) is 0 Å². The summed E-state index contributed by atoms with van der Waals surface area (Å²) in [6.07, 6.45) is -0.176. The number of amides is 1. The SMILES string of the molecule is C=C(F)c1cc(CC(=O)c2cc(NC(=O)C3C(c4cc(Cl)cc(Cl)c4)C3(Cl)Cl)ccc2Cl)ccc1F. The summed E-state index contributed by atoms with van der Waals surface area (Å²) in [5.74, 6) is -3.95. The molecule has 0 saturated heterocycles. The molecule has 186 valence electrons. The Morgan fingerprint density at radius 3 is 2.25 bits per heavy atom. The molecule has 0 aromatic heterocycles. The Hall–Kier alpha value is -2.15. The van der Waals surface area contributed by atoms with Crippen LogP contribution in [0.2, 0.25) is 15.1 Å². The van der Waals surface area contributed by atoms with Crippen LogP contribution in [0.4, 0.5) is 14.5 Å². The van der Waals surface area contributed by atoms with E-state index < -0.39 is 39.5 Å². The van der Waals surface area contributed by atoms with Gasteiger partial charge in [0.25, 0.3) is 0 Å². The van der Waals surface area contributed by atoms with Gasteiger partial charge in [-0.15, -0.1) is 23.2 Å². The molecular weight excluding hydrogens is 574 g/mol. The van der Waals surface area contributed by atoms with Gasteiger partial charge in [-0.25, -0.2) is 8.78 Å². The Morgan fingerprint density at radius 2 is 1.61 bits per heavy atom. The highest BCUT2D eigenvalue weighted by Gasteiger charge is 2.67. The molecule has 1 fully saturated rings. The first kappa shape index (κ1) is 26.9. The van der Waals surface area contributed by atoms with Gasteiger partial charge in [-0.05, 0) is 59.7 Å². The van der Waals surface area contributed by atoms with Gasteiger partial charge in [0, 0.05) is 39.2 Å². The number of nitrogens with one attached hydrogen (secondary N) is 1. The van der Waals surface area contributed by atoms with Gasteiger partial charge in [-0.1, -0.05) is 47.4 Å². The van der Waals surface area contributed by atoms with E-state index in [-0.39, 0.29) is 22.6 Å². The van der Waals surface area contributed by atoms with E-state index in [1.807, 2.05) is 0 Å². The zero-order valence-electron chi connectivity index (χ0n) is 18.2. The van der Waals surface area contributed by atoms with E-state index in [4.69, 9.17) is 58.0 Å². The van der Waals surface area contributed by atoms with Crippen LogP contribution in [-0.2, 0) is 11.2 Å². The lowest BCUT2D eigenvalue weighted by molar-refractivity contribution is -0.117. The van der Waals surface area contributed by atoms with Crippen molar-refractivity contribution in [2.75, 3.05) is 5.32 Å². The van der Waals surface area contributed by atoms with Gasteiger partial charge in [0.1, 0.15) is 16.0 Å². The maximum Gasteiger partial charge on any atom is 0.231 e. The van der Waals surface area contributed by atoms with Crippen molar-refractivity contribution in [3.05, 3.63) is 104 Å². The third-order valence-electron chi connectivity index (χ3n) is 5.80. The van der Waals surface area contributed by atoms with Crippen LogP contribution in [0.15, 0.2) is 61.2 Å². The molecule has 0 bridgehead atoms. The molecule has 3 nitrogen and oxygen atoms in total. The van der Waals surface area contributed by atoms with Crippen molar-refractivity contribution in [1.82, 2.24) is 0 Å². The van der Waals surface area contributed by atoms with Gasteiger partial charge in [0.05, 0.1) is 10.9 Å². The van der Waals surface area contributed by atoms with Crippen LogP contribution in [0.3, 0.4) is 0 Å². The summed E-state index contributed by atoms with van der Waals surface area (Å²) in [6, 6.07) is 12.9. The van der Waals surface area contributed by atoms with Gasteiger partial charge in [-0.3, -0.25) is 9.59 Å². The van der Waals surface area contributed by atoms with E-state index in [2.05, 4.69) is 11.9 Å². The maximum absolute atomic E-state index is 13.7. The molecule has 0 spiro atoms. The summed E-state index contributed by atoms with van der Waals surface area (Å²) in [7, 11) is 0. The summed E-state index contributed by atoms with van der Waals surface area (Å²) in [6.45, 7) is 3.10. The molecule has 2 atom stereocenters. The summed E-state index contributed by atoms with van der Waals surface area (Å²) >= 11 is 31.2. The van der Waals surface area contributed by atoms with Crippen LogP contribution in [0.1, 0.15) is 33.0 Å². The summed E-state index contributed by atoms with van der Waals surface area (Å²) in [5.41, 5.74) is 1.09. The van der Waals surface area contributed by atoms with E-state index >= 15 is 0 Å². The van der Waals surface area contributed by atoms with E-state index in [1.165, 1.54) is 30.3 Å². The number of benzene rings is 3. The number of carbonyl (C=O) groups is 2. The average molecular weight is 590 g/mol. The summed E-state index contributed by atoms with van der Waals surface area (Å²) < 4.78 is 25.8. The molecule has 0 heterocycles. The largest absolute Gasteiger partial charge is 0.326 e. The Kier molecular flexibility index (Phi) is 7.70. The fourth-order valence-corrected chi connectivity index (χ4v) is 5.62. The molecule has 1 N–H and O–H groups in total. The number of rotatable bonds is 7. The van der Waals surface area contributed by atoms with Crippen LogP contribution in [-0.4, -0.2) is 16.0 Å². The zero-order valence-corrected chi connectivity index (χ0v) is 22.0. The molecule has 10 heteroatoms. The quantitative estimate of drug-likeness (QED) is 0.221. The third-order valence-corrected chi connectivity index (χ3v) is 7.51. The highest BCUT2D eigenvalue weighted by atomic mass is 35.5. The first-order valence-electron chi connectivity index (χ1n) is 10.5. The molecule has 0 radical (unpaired) electrons. The first-order valence-corrected chi connectivity index (χ1v) is 12.4. The minimum Gasteiger partial charge on any atom is -0.326 e. The van der Waals surface area contributed by atoms with Crippen LogP contribution in [0.5, 0.6) is 0 Å². The van der Waals surface area contributed by atoms with E-state index in [1.54, 1.807) is 18.2 Å². The monoisotopic (exact) mass is 587 g/mol. The van der Waals surface area contributed by atoms with Crippen LogP contribution >= 0.6 is 58.0 Å². The Labute approximate surface area is 230 Å². The van der Waals surface area contributed by atoms with Crippen molar-refractivity contribution in [1.29, 1.82) is 0 Å². The topological polar surface area (TPSA) is 46.2 Å². The van der Waals surface area contributed by atoms with E-state index in [0.29, 0.717) is 26.9 Å². The molecule has 2 unspecified atom stereocenters. The second-order valence-electron chi connectivity index (χ2n) is 8.34. The fraction of sp³-hybridized carbons (Fsp3) is 0.154. The number of alkyl halides is 2. The lowest BCUT2D eigenvalue weighted by Gasteiger charge is -2.10. The number of Topliss-reactive ketones (excluding diaryl/α,β-unsaturated/α-hetero) is 1. The normalized spacial score (nSPS) is 18.0. The van der Waals surface area contributed by atoms with E-state index in [0.717, 1.165) is 6.07 Å². The molecule has 1 aliphatic carbocycles. The number of halogens is 7. The molecule has 3 aromatic carbocycles. The molecule has 4 rings (SSSR count). The maximum atomic E-state index is 13.7. The van der Waals surface area contributed by atoms with Crippen molar-refractivity contribution < 1.29 is 18.4 Å². The first-order chi connectivity index (χ1) is 16.9. The predicted octanol–water partition coefficient (Wildman–Crippen LogP) is 8.68. The zero-order chi connectivity index (χ0) is 26.4. The lowest BCUT2D eigenvalue weighted by Crippen LogP contribution is -2.17.